The number of H-pyrrole nitrogens is 1. The van der Waals surface area contributed by atoms with Crippen molar-refractivity contribution in [2.24, 2.45) is 5.92 Å². The van der Waals surface area contributed by atoms with Crippen molar-refractivity contribution in [2.75, 3.05) is 0 Å². The predicted molar refractivity (Wildman–Crippen MR) is 78.3 cm³/mol. The smallest absolute Gasteiger partial charge is 0.331 e. The fourth-order valence-electron chi connectivity index (χ4n) is 3.12. The standard InChI is InChI=1S/C15H24N2O3/c1-3-5-12-13(18)16-15(20)17(14(12)19)11-7-4-6-10(2)8-9-11/h10-11,19H,3-9H2,1-2H3,(H,16,18,20). The van der Waals surface area contributed by atoms with Gasteiger partial charge in [-0.2, -0.15) is 0 Å². The van der Waals surface area contributed by atoms with Gasteiger partial charge in [0.25, 0.3) is 5.56 Å². The Morgan fingerprint density at radius 2 is 2.00 bits per heavy atom. The Morgan fingerprint density at radius 3 is 2.70 bits per heavy atom. The summed E-state index contributed by atoms with van der Waals surface area (Å²) >= 11 is 0. The molecule has 0 spiro atoms. The lowest BCUT2D eigenvalue weighted by atomic mass is 10.0. The van der Waals surface area contributed by atoms with Crippen LogP contribution in [-0.4, -0.2) is 14.7 Å². The molecule has 0 aromatic carbocycles. The van der Waals surface area contributed by atoms with Crippen molar-refractivity contribution >= 4 is 0 Å². The van der Waals surface area contributed by atoms with Crippen molar-refractivity contribution in [3.63, 3.8) is 0 Å². The van der Waals surface area contributed by atoms with Gasteiger partial charge in [-0.25, -0.2) is 4.79 Å². The first kappa shape index (κ1) is 14.9. The molecule has 112 valence electrons. The van der Waals surface area contributed by atoms with E-state index in [9.17, 15) is 14.7 Å². The van der Waals surface area contributed by atoms with Crippen LogP contribution in [0.3, 0.4) is 0 Å². The molecule has 0 aliphatic heterocycles. The van der Waals surface area contributed by atoms with Crippen molar-refractivity contribution < 1.29 is 5.11 Å². The maximum atomic E-state index is 12.1. The SMILES string of the molecule is CCCc1c(O)n(C2CCCC(C)CC2)c(=O)[nH]c1=O. The summed E-state index contributed by atoms with van der Waals surface area (Å²) in [6.07, 6.45) is 6.29. The van der Waals surface area contributed by atoms with Gasteiger partial charge in [0.15, 0.2) is 0 Å². The van der Waals surface area contributed by atoms with Gasteiger partial charge in [-0.1, -0.05) is 33.1 Å². The molecule has 2 atom stereocenters. The Morgan fingerprint density at radius 1 is 1.25 bits per heavy atom. The summed E-state index contributed by atoms with van der Waals surface area (Å²) in [5.74, 6) is 0.538. The molecule has 1 aromatic heterocycles. The van der Waals surface area contributed by atoms with E-state index in [1.165, 1.54) is 4.57 Å². The van der Waals surface area contributed by atoms with Crippen molar-refractivity contribution in [3.05, 3.63) is 26.4 Å². The van der Waals surface area contributed by atoms with Crippen LogP contribution >= 0.6 is 0 Å². The second-order valence-corrected chi connectivity index (χ2v) is 5.95. The fourth-order valence-corrected chi connectivity index (χ4v) is 3.12. The Kier molecular flexibility index (Phi) is 4.68. The maximum absolute atomic E-state index is 12.1. The Hall–Kier alpha value is -1.52. The quantitative estimate of drug-likeness (QED) is 0.834. The van der Waals surface area contributed by atoms with Gasteiger partial charge in [0.05, 0.1) is 5.56 Å². The summed E-state index contributed by atoms with van der Waals surface area (Å²) in [5.41, 5.74) is -0.594. The number of rotatable bonds is 3. The lowest BCUT2D eigenvalue weighted by molar-refractivity contribution is 0.332. The highest BCUT2D eigenvalue weighted by molar-refractivity contribution is 5.23. The number of nitrogens with one attached hydrogen (secondary N) is 1. The van der Waals surface area contributed by atoms with Crippen molar-refractivity contribution in [1.29, 1.82) is 0 Å². The molecule has 0 saturated heterocycles. The highest BCUT2D eigenvalue weighted by Gasteiger charge is 2.23. The van der Waals surface area contributed by atoms with Crippen LogP contribution in [0.2, 0.25) is 0 Å². The minimum absolute atomic E-state index is 0.0000869. The molecule has 2 unspecified atom stereocenters. The number of hydrogen-bond acceptors (Lipinski definition) is 3. The molecular weight excluding hydrogens is 256 g/mol. The molecule has 2 N–H and O–H groups in total. The number of aromatic amines is 1. The third kappa shape index (κ3) is 2.97. The zero-order valence-electron chi connectivity index (χ0n) is 12.3. The summed E-state index contributed by atoms with van der Waals surface area (Å²) < 4.78 is 1.41. The normalized spacial score (nSPS) is 23.5. The first-order chi connectivity index (χ1) is 9.54. The number of aromatic nitrogens is 2. The molecule has 0 amide bonds. The molecule has 1 fully saturated rings. The first-order valence-corrected chi connectivity index (χ1v) is 7.61. The van der Waals surface area contributed by atoms with E-state index in [-0.39, 0.29) is 11.9 Å². The van der Waals surface area contributed by atoms with Gasteiger partial charge in [-0.3, -0.25) is 14.3 Å². The van der Waals surface area contributed by atoms with Crippen LogP contribution in [-0.2, 0) is 6.42 Å². The van der Waals surface area contributed by atoms with E-state index in [2.05, 4.69) is 11.9 Å². The topological polar surface area (TPSA) is 75.1 Å². The van der Waals surface area contributed by atoms with Gasteiger partial charge in [-0.15, -0.1) is 0 Å². The van der Waals surface area contributed by atoms with E-state index in [0.717, 1.165) is 38.5 Å². The number of aromatic hydroxyl groups is 1. The average Bonchev–Trinajstić information content (AvgIpc) is 2.60. The highest BCUT2D eigenvalue weighted by atomic mass is 16.3. The molecule has 5 nitrogen and oxygen atoms in total. The summed E-state index contributed by atoms with van der Waals surface area (Å²) in [7, 11) is 0. The molecule has 1 aliphatic rings. The molecule has 20 heavy (non-hydrogen) atoms. The number of hydrogen-bond donors (Lipinski definition) is 2. The summed E-state index contributed by atoms with van der Waals surface area (Å²) in [5, 5.41) is 10.3. The highest BCUT2D eigenvalue weighted by Crippen LogP contribution is 2.31. The third-order valence-electron chi connectivity index (χ3n) is 4.30. The van der Waals surface area contributed by atoms with E-state index in [1.807, 2.05) is 6.92 Å². The van der Waals surface area contributed by atoms with Crippen LogP contribution in [0, 0.1) is 5.92 Å². The second kappa shape index (κ2) is 6.29. The van der Waals surface area contributed by atoms with Crippen LogP contribution in [0.4, 0.5) is 0 Å². The predicted octanol–water partition coefficient (Wildman–Crippen LogP) is 2.34. The van der Waals surface area contributed by atoms with Gasteiger partial charge in [-0.05, 0) is 31.6 Å². The molecule has 1 aliphatic carbocycles. The van der Waals surface area contributed by atoms with Gasteiger partial charge in [0, 0.05) is 6.04 Å². The molecular formula is C15H24N2O3. The third-order valence-corrected chi connectivity index (χ3v) is 4.30. The number of nitrogens with zero attached hydrogens (tertiary/aromatic N) is 1. The Bertz CT molecular complexity index is 573. The average molecular weight is 280 g/mol. The molecule has 0 radical (unpaired) electrons. The van der Waals surface area contributed by atoms with Crippen LogP contribution < -0.4 is 11.2 Å². The Labute approximate surface area is 118 Å². The van der Waals surface area contributed by atoms with Crippen molar-refractivity contribution in [3.8, 4) is 5.88 Å². The van der Waals surface area contributed by atoms with Crippen LogP contribution in [0.25, 0.3) is 0 Å². The summed E-state index contributed by atoms with van der Waals surface area (Å²) in [6, 6.07) is -0.0000869. The second-order valence-electron chi connectivity index (χ2n) is 5.95. The lowest BCUT2D eigenvalue weighted by Crippen LogP contribution is -2.34. The van der Waals surface area contributed by atoms with E-state index < -0.39 is 11.2 Å². The van der Waals surface area contributed by atoms with Gasteiger partial charge >= 0.3 is 5.69 Å². The Balaban J connectivity index is 2.42. The van der Waals surface area contributed by atoms with Crippen molar-refractivity contribution in [1.82, 2.24) is 9.55 Å². The van der Waals surface area contributed by atoms with Crippen LogP contribution in [0.15, 0.2) is 9.59 Å². The molecule has 1 saturated carbocycles. The monoisotopic (exact) mass is 280 g/mol. The van der Waals surface area contributed by atoms with Crippen molar-refractivity contribution in [2.45, 2.75) is 64.8 Å². The summed E-state index contributed by atoms with van der Waals surface area (Å²) in [6.45, 7) is 4.17. The van der Waals surface area contributed by atoms with E-state index in [0.29, 0.717) is 17.9 Å². The molecule has 5 heteroatoms. The van der Waals surface area contributed by atoms with Crippen LogP contribution in [0.1, 0.15) is 64.0 Å². The lowest BCUT2D eigenvalue weighted by Gasteiger charge is -2.20. The van der Waals surface area contributed by atoms with Gasteiger partial charge in [0.1, 0.15) is 0 Å². The maximum Gasteiger partial charge on any atom is 0.331 e. The molecule has 0 bridgehead atoms. The minimum Gasteiger partial charge on any atom is -0.494 e. The molecule has 1 heterocycles. The fraction of sp³-hybridized carbons (Fsp3) is 0.733. The van der Waals surface area contributed by atoms with E-state index >= 15 is 0 Å². The van der Waals surface area contributed by atoms with Gasteiger partial charge < -0.3 is 5.11 Å². The minimum atomic E-state index is -0.480. The summed E-state index contributed by atoms with van der Waals surface area (Å²) in [4.78, 5) is 26.2. The zero-order chi connectivity index (χ0) is 14.7. The van der Waals surface area contributed by atoms with E-state index in [4.69, 9.17) is 0 Å². The molecule has 1 aromatic rings. The van der Waals surface area contributed by atoms with Crippen LogP contribution in [0.5, 0.6) is 5.88 Å². The van der Waals surface area contributed by atoms with E-state index in [1.54, 1.807) is 0 Å². The largest absolute Gasteiger partial charge is 0.494 e. The zero-order valence-corrected chi connectivity index (χ0v) is 12.3. The molecule has 2 rings (SSSR count). The first-order valence-electron chi connectivity index (χ1n) is 7.61. The van der Waals surface area contributed by atoms with Gasteiger partial charge in [0.2, 0.25) is 5.88 Å².